The van der Waals surface area contributed by atoms with E-state index in [0.29, 0.717) is 33.4 Å². The number of nitrogen functional groups attached to an aromatic ring is 1. The lowest BCUT2D eigenvalue weighted by Crippen LogP contribution is -2.33. The molecule has 2 aromatic carbocycles. The Hall–Kier alpha value is -4.99. The van der Waals surface area contributed by atoms with Crippen LogP contribution in [0.2, 0.25) is 0 Å². The Bertz CT molecular complexity index is 1990. The van der Waals surface area contributed by atoms with Crippen molar-refractivity contribution in [3.8, 4) is 17.5 Å². The van der Waals surface area contributed by atoms with Crippen LogP contribution in [0.5, 0.6) is 0 Å². The Morgan fingerprint density at radius 3 is 2.62 bits per heavy atom. The molecule has 1 atom stereocenters. The molecule has 1 amide bonds. The van der Waals surface area contributed by atoms with Gasteiger partial charge in [0, 0.05) is 23.1 Å². The van der Waals surface area contributed by atoms with Crippen LogP contribution in [-0.4, -0.2) is 46.3 Å². The van der Waals surface area contributed by atoms with Gasteiger partial charge in [0.25, 0.3) is 11.5 Å². The van der Waals surface area contributed by atoms with E-state index < -0.39 is 22.0 Å². The minimum absolute atomic E-state index is 0.0379. The topological polar surface area (TPSA) is 153 Å². The van der Waals surface area contributed by atoms with Gasteiger partial charge in [-0.25, -0.2) is 22.6 Å². The number of hydrogen-bond acceptors (Lipinski definition) is 7. The first-order valence-corrected chi connectivity index (χ1v) is 14.1. The van der Waals surface area contributed by atoms with Crippen molar-refractivity contribution >= 4 is 38.2 Å². The molecule has 4 N–H and O–H groups in total. The molecule has 5 rings (SSSR count). The van der Waals surface area contributed by atoms with Gasteiger partial charge in [-0.1, -0.05) is 42.2 Å². The van der Waals surface area contributed by atoms with Crippen molar-refractivity contribution in [2.24, 2.45) is 0 Å². The number of anilines is 1. The number of aromatic nitrogens is 4. The normalized spacial score (nSPS) is 12.2. The first kappa shape index (κ1) is 26.6. The monoisotopic (exact) mass is 555 g/mol. The highest BCUT2D eigenvalue weighted by molar-refractivity contribution is 7.88. The van der Waals surface area contributed by atoms with Crippen LogP contribution in [0.15, 0.2) is 77.7 Å². The molecule has 5 aromatic rings. The molecule has 0 bridgehead atoms. The van der Waals surface area contributed by atoms with Crippen LogP contribution in [0.3, 0.4) is 0 Å². The molecule has 0 unspecified atom stereocenters. The number of sulfonamides is 1. The van der Waals surface area contributed by atoms with Crippen molar-refractivity contribution in [2.45, 2.75) is 13.0 Å². The van der Waals surface area contributed by atoms with Gasteiger partial charge in [-0.05, 0) is 48.7 Å². The zero-order valence-electron chi connectivity index (χ0n) is 21.6. The van der Waals surface area contributed by atoms with Gasteiger partial charge in [0.1, 0.15) is 0 Å². The number of benzene rings is 2. The summed E-state index contributed by atoms with van der Waals surface area (Å²) in [6.45, 7) is 1.68. The van der Waals surface area contributed by atoms with Crippen LogP contribution in [0.25, 0.3) is 22.1 Å². The zero-order valence-corrected chi connectivity index (χ0v) is 22.4. The highest BCUT2D eigenvalue weighted by Crippen LogP contribution is 2.24. The molecule has 3 heterocycles. The number of hydrogen-bond donors (Lipinski definition) is 3. The van der Waals surface area contributed by atoms with E-state index in [2.05, 4.69) is 32.0 Å². The quantitative estimate of drug-likeness (QED) is 0.271. The number of carbonyl (C=O) groups is 1. The van der Waals surface area contributed by atoms with Crippen molar-refractivity contribution in [3.63, 3.8) is 0 Å². The van der Waals surface area contributed by atoms with Crippen molar-refractivity contribution in [2.75, 3.05) is 18.5 Å². The summed E-state index contributed by atoms with van der Waals surface area (Å²) in [5.74, 6) is 5.22. The van der Waals surface area contributed by atoms with Crippen LogP contribution < -0.4 is 21.3 Å². The van der Waals surface area contributed by atoms with E-state index in [9.17, 15) is 18.0 Å². The van der Waals surface area contributed by atoms with Gasteiger partial charge in [0.15, 0.2) is 17.2 Å². The summed E-state index contributed by atoms with van der Waals surface area (Å²) >= 11 is 0. The number of rotatable bonds is 6. The number of fused-ring (bicyclic) bond motifs is 2. The minimum atomic E-state index is -3.40. The molecule has 0 saturated carbocycles. The maximum absolute atomic E-state index is 14.0. The zero-order chi connectivity index (χ0) is 28.4. The molecule has 3 aromatic heterocycles. The van der Waals surface area contributed by atoms with Crippen LogP contribution in [0, 0.1) is 11.8 Å². The molecule has 0 fully saturated rings. The molecule has 0 spiro atoms. The number of para-hydroxylation sites is 1. The fourth-order valence-electron chi connectivity index (χ4n) is 4.41. The van der Waals surface area contributed by atoms with E-state index in [-0.39, 0.29) is 23.6 Å². The Balaban J connectivity index is 1.60. The lowest BCUT2D eigenvalue weighted by molar-refractivity contribution is 0.0932. The highest BCUT2D eigenvalue weighted by atomic mass is 32.2. The second-order valence-electron chi connectivity index (χ2n) is 9.04. The maximum atomic E-state index is 14.0. The summed E-state index contributed by atoms with van der Waals surface area (Å²) in [6.07, 6.45) is 2.58. The van der Waals surface area contributed by atoms with Gasteiger partial charge in [0.2, 0.25) is 10.0 Å². The molecule has 0 saturated heterocycles. The number of carbonyl (C=O) groups excluding carboxylic acids is 1. The van der Waals surface area contributed by atoms with E-state index in [0.717, 1.165) is 6.26 Å². The summed E-state index contributed by atoms with van der Waals surface area (Å²) < 4.78 is 28.0. The Morgan fingerprint density at radius 2 is 1.88 bits per heavy atom. The number of amides is 1. The third-order valence-electron chi connectivity index (χ3n) is 6.16. The van der Waals surface area contributed by atoms with Crippen molar-refractivity contribution in [1.82, 2.24) is 29.2 Å². The van der Waals surface area contributed by atoms with Crippen LogP contribution in [0.4, 0.5) is 5.82 Å². The molecule has 202 valence electrons. The molecule has 0 aliphatic carbocycles. The van der Waals surface area contributed by atoms with Crippen LogP contribution in [-0.2, 0) is 10.0 Å². The van der Waals surface area contributed by atoms with Gasteiger partial charge in [-0.2, -0.15) is 5.10 Å². The first-order chi connectivity index (χ1) is 19.1. The van der Waals surface area contributed by atoms with Crippen LogP contribution >= 0.6 is 0 Å². The molecule has 0 aliphatic heterocycles. The van der Waals surface area contributed by atoms with Gasteiger partial charge in [-0.3, -0.25) is 14.2 Å². The predicted molar refractivity (Wildman–Crippen MR) is 153 cm³/mol. The van der Waals surface area contributed by atoms with E-state index in [1.165, 1.54) is 15.3 Å². The van der Waals surface area contributed by atoms with Gasteiger partial charge in [-0.15, -0.1) is 0 Å². The van der Waals surface area contributed by atoms with Crippen molar-refractivity contribution in [1.29, 1.82) is 0 Å². The third-order valence-corrected chi connectivity index (χ3v) is 6.83. The first-order valence-electron chi connectivity index (χ1n) is 12.2. The lowest BCUT2D eigenvalue weighted by atomic mass is 10.0. The SMILES string of the molecule is C[C@@H](NC(=O)c1c(N)nc2cccnn12)c1cc2cccc(C#CCNS(C)(=O)=O)c2c(=O)n1-c1ccccc1. The second-order valence-corrected chi connectivity index (χ2v) is 10.9. The fraction of sp³-hybridized carbons (Fsp3) is 0.143. The summed E-state index contributed by atoms with van der Waals surface area (Å²) in [5.41, 5.74) is 7.82. The fourth-order valence-corrected chi connectivity index (χ4v) is 4.75. The molecule has 0 radical (unpaired) electrons. The number of nitrogens with two attached hydrogens (primary N) is 1. The van der Waals surface area contributed by atoms with Crippen molar-refractivity contribution < 1.29 is 13.2 Å². The van der Waals surface area contributed by atoms with Crippen LogP contribution in [0.1, 0.15) is 34.7 Å². The number of nitrogens with one attached hydrogen (secondary N) is 2. The Labute approximate surface area is 229 Å². The minimum Gasteiger partial charge on any atom is -0.382 e. The van der Waals surface area contributed by atoms with Gasteiger partial charge >= 0.3 is 0 Å². The Morgan fingerprint density at radius 1 is 1.10 bits per heavy atom. The number of pyridine rings is 1. The molecular formula is C28H25N7O4S. The molecule has 0 aliphatic rings. The maximum Gasteiger partial charge on any atom is 0.274 e. The summed E-state index contributed by atoms with van der Waals surface area (Å²) in [7, 11) is -3.40. The number of imidazole rings is 1. The summed E-state index contributed by atoms with van der Waals surface area (Å²) in [6, 6.07) is 18.9. The summed E-state index contributed by atoms with van der Waals surface area (Å²) in [4.78, 5) is 31.6. The largest absolute Gasteiger partial charge is 0.382 e. The highest BCUT2D eigenvalue weighted by Gasteiger charge is 2.23. The van der Waals surface area contributed by atoms with E-state index in [4.69, 9.17) is 5.73 Å². The predicted octanol–water partition coefficient (Wildman–Crippen LogP) is 2.01. The van der Waals surface area contributed by atoms with Crippen molar-refractivity contribution in [3.05, 3.63) is 100 Å². The smallest absolute Gasteiger partial charge is 0.274 e. The Kier molecular flexibility index (Phi) is 7.08. The summed E-state index contributed by atoms with van der Waals surface area (Å²) in [5, 5.41) is 8.10. The molecule has 12 heteroatoms. The van der Waals surface area contributed by atoms with E-state index in [1.807, 2.05) is 24.3 Å². The van der Waals surface area contributed by atoms with E-state index >= 15 is 0 Å². The molecule has 40 heavy (non-hydrogen) atoms. The average Bonchev–Trinajstić information content (AvgIpc) is 3.26. The average molecular weight is 556 g/mol. The van der Waals surface area contributed by atoms with Gasteiger partial charge in [0.05, 0.1) is 24.2 Å². The third kappa shape index (κ3) is 5.28. The van der Waals surface area contributed by atoms with Gasteiger partial charge < -0.3 is 11.1 Å². The second kappa shape index (κ2) is 10.6. The molecule has 11 nitrogen and oxygen atoms in total. The van der Waals surface area contributed by atoms with E-state index in [1.54, 1.807) is 49.4 Å². The lowest BCUT2D eigenvalue weighted by Gasteiger charge is -2.21. The number of nitrogens with zero attached hydrogens (tertiary/aromatic N) is 4. The standard InChI is InChI=1S/C28H25N7O4S/c1-18(32-27(36)25-26(29)33-23-14-8-15-30-35(23)25)22-17-20-10-6-9-19(11-7-16-31-40(2,38)39)24(20)28(37)34(22)21-12-4-3-5-13-21/h3-6,8-10,12-15,17-18,31H,16,29H2,1-2H3,(H,32,36)/t18-/m1/s1. The molecular weight excluding hydrogens is 530 g/mol.